The van der Waals surface area contributed by atoms with Gasteiger partial charge in [0.05, 0.1) is 15.6 Å². The van der Waals surface area contributed by atoms with E-state index in [1.165, 1.54) is 19.1 Å². The molecule has 0 bridgehead atoms. The number of anilines is 1. The number of carbonyl (C=O) groups is 2. The van der Waals surface area contributed by atoms with Crippen LogP contribution in [0.25, 0.3) is 10.8 Å². The van der Waals surface area contributed by atoms with Gasteiger partial charge in [0.15, 0.2) is 6.10 Å². The monoisotopic (exact) mass is 387 g/mol. The second-order valence-corrected chi connectivity index (χ2v) is 6.51. The first-order valence-corrected chi connectivity index (χ1v) is 8.66. The molecule has 0 fully saturated rings. The predicted molar refractivity (Wildman–Crippen MR) is 104 cm³/mol. The largest absolute Gasteiger partial charge is 0.449 e. The van der Waals surface area contributed by atoms with Crippen molar-refractivity contribution in [3.63, 3.8) is 0 Å². The maximum atomic E-state index is 12.3. The Kier molecular flexibility index (Phi) is 5.45. The van der Waals surface area contributed by atoms with E-state index in [1.54, 1.807) is 12.1 Å². The van der Waals surface area contributed by atoms with E-state index in [0.29, 0.717) is 5.69 Å². The fraction of sp³-hybridized carbons (Fsp3) is 0.100. The highest BCUT2D eigenvalue weighted by Crippen LogP contribution is 2.25. The number of benzene rings is 3. The van der Waals surface area contributed by atoms with Gasteiger partial charge < -0.3 is 10.1 Å². The van der Waals surface area contributed by atoms with Crippen molar-refractivity contribution in [3.05, 3.63) is 76.3 Å². The minimum atomic E-state index is -1.01. The molecule has 3 aromatic carbocycles. The number of hydrogen-bond acceptors (Lipinski definition) is 3. The van der Waals surface area contributed by atoms with Gasteiger partial charge >= 0.3 is 5.97 Å². The molecule has 1 unspecified atom stereocenters. The Morgan fingerprint density at radius 1 is 0.923 bits per heavy atom. The van der Waals surface area contributed by atoms with Crippen LogP contribution < -0.4 is 5.32 Å². The summed E-state index contributed by atoms with van der Waals surface area (Å²) in [6.07, 6.45) is -1.01. The highest BCUT2D eigenvalue weighted by Gasteiger charge is 2.22. The molecule has 0 aliphatic rings. The van der Waals surface area contributed by atoms with Gasteiger partial charge in [-0.3, -0.25) is 4.79 Å². The molecule has 3 aromatic rings. The summed E-state index contributed by atoms with van der Waals surface area (Å²) < 4.78 is 5.20. The SMILES string of the molecule is CC(OC(=O)c1c(Cl)cccc1Cl)C(=O)Nc1ccc2ccccc2c1. The van der Waals surface area contributed by atoms with Crippen molar-refractivity contribution in [2.75, 3.05) is 5.32 Å². The minimum Gasteiger partial charge on any atom is -0.449 e. The van der Waals surface area contributed by atoms with Gasteiger partial charge in [0.25, 0.3) is 5.91 Å². The number of esters is 1. The van der Waals surface area contributed by atoms with Crippen LogP contribution in [-0.4, -0.2) is 18.0 Å². The van der Waals surface area contributed by atoms with Crippen molar-refractivity contribution in [1.82, 2.24) is 0 Å². The topological polar surface area (TPSA) is 55.4 Å². The summed E-state index contributed by atoms with van der Waals surface area (Å²) in [6, 6.07) is 18.0. The van der Waals surface area contributed by atoms with Gasteiger partial charge in [-0.25, -0.2) is 4.79 Å². The summed E-state index contributed by atoms with van der Waals surface area (Å²) in [7, 11) is 0. The van der Waals surface area contributed by atoms with Gasteiger partial charge in [0.2, 0.25) is 0 Å². The minimum absolute atomic E-state index is 0.0428. The van der Waals surface area contributed by atoms with Crippen LogP contribution in [0.3, 0.4) is 0 Å². The molecule has 1 N–H and O–H groups in total. The van der Waals surface area contributed by atoms with Gasteiger partial charge in [-0.05, 0) is 42.0 Å². The molecule has 0 saturated carbocycles. The van der Waals surface area contributed by atoms with E-state index in [4.69, 9.17) is 27.9 Å². The fourth-order valence-corrected chi connectivity index (χ4v) is 3.03. The zero-order chi connectivity index (χ0) is 18.7. The Hall–Kier alpha value is -2.56. The standard InChI is InChI=1S/C20H15Cl2NO3/c1-12(26-20(25)18-16(21)7-4-8-17(18)22)19(24)23-15-10-9-13-5-2-3-6-14(13)11-15/h2-12H,1H3,(H,23,24). The lowest BCUT2D eigenvalue weighted by atomic mass is 10.1. The molecule has 0 aliphatic heterocycles. The van der Waals surface area contributed by atoms with E-state index in [0.717, 1.165) is 10.8 Å². The van der Waals surface area contributed by atoms with Crippen LogP contribution in [0, 0.1) is 0 Å². The van der Waals surface area contributed by atoms with Crippen molar-refractivity contribution in [2.45, 2.75) is 13.0 Å². The van der Waals surface area contributed by atoms with E-state index in [1.807, 2.05) is 36.4 Å². The summed E-state index contributed by atoms with van der Waals surface area (Å²) in [4.78, 5) is 24.6. The Morgan fingerprint density at radius 3 is 2.27 bits per heavy atom. The molecule has 0 spiro atoms. The van der Waals surface area contributed by atoms with Crippen LogP contribution >= 0.6 is 23.2 Å². The number of nitrogens with one attached hydrogen (secondary N) is 1. The molecule has 0 aromatic heterocycles. The molecule has 3 rings (SSSR count). The van der Waals surface area contributed by atoms with Crippen LogP contribution in [-0.2, 0) is 9.53 Å². The molecule has 1 atom stereocenters. The Bertz CT molecular complexity index is 967. The van der Waals surface area contributed by atoms with Gasteiger partial charge in [0, 0.05) is 5.69 Å². The van der Waals surface area contributed by atoms with E-state index in [9.17, 15) is 9.59 Å². The molecule has 1 amide bonds. The van der Waals surface area contributed by atoms with Gasteiger partial charge in [-0.15, -0.1) is 0 Å². The van der Waals surface area contributed by atoms with Gasteiger partial charge in [0.1, 0.15) is 0 Å². The second kappa shape index (κ2) is 7.77. The van der Waals surface area contributed by atoms with E-state index in [-0.39, 0.29) is 15.6 Å². The quantitative estimate of drug-likeness (QED) is 0.615. The zero-order valence-electron chi connectivity index (χ0n) is 13.8. The third kappa shape index (κ3) is 3.98. The van der Waals surface area contributed by atoms with Crippen LogP contribution in [0.4, 0.5) is 5.69 Å². The molecule has 132 valence electrons. The number of fused-ring (bicyclic) bond motifs is 1. The molecule has 4 nitrogen and oxygen atoms in total. The van der Waals surface area contributed by atoms with E-state index >= 15 is 0 Å². The summed E-state index contributed by atoms with van der Waals surface area (Å²) in [5.41, 5.74) is 0.661. The molecular weight excluding hydrogens is 373 g/mol. The first-order valence-electron chi connectivity index (χ1n) is 7.90. The van der Waals surface area contributed by atoms with Crippen LogP contribution in [0.2, 0.25) is 10.0 Å². The molecule has 0 heterocycles. The van der Waals surface area contributed by atoms with E-state index in [2.05, 4.69) is 5.32 Å². The van der Waals surface area contributed by atoms with Crippen molar-refractivity contribution in [1.29, 1.82) is 0 Å². The Morgan fingerprint density at radius 2 is 1.58 bits per heavy atom. The fourth-order valence-electron chi connectivity index (χ4n) is 2.48. The van der Waals surface area contributed by atoms with Crippen LogP contribution in [0.1, 0.15) is 17.3 Å². The van der Waals surface area contributed by atoms with Crippen molar-refractivity contribution < 1.29 is 14.3 Å². The number of ether oxygens (including phenoxy) is 1. The number of hydrogen-bond donors (Lipinski definition) is 1. The number of rotatable bonds is 4. The lowest BCUT2D eigenvalue weighted by Gasteiger charge is -2.15. The number of carbonyl (C=O) groups excluding carboxylic acids is 2. The van der Waals surface area contributed by atoms with Gasteiger partial charge in [-0.2, -0.15) is 0 Å². The molecule has 0 radical (unpaired) electrons. The average molecular weight is 388 g/mol. The van der Waals surface area contributed by atoms with Crippen molar-refractivity contribution in [2.24, 2.45) is 0 Å². The van der Waals surface area contributed by atoms with E-state index < -0.39 is 18.0 Å². The molecule has 0 saturated heterocycles. The van der Waals surface area contributed by atoms with Crippen LogP contribution in [0.5, 0.6) is 0 Å². The predicted octanol–water partition coefficient (Wildman–Crippen LogP) is 5.33. The molecule has 26 heavy (non-hydrogen) atoms. The number of halogens is 2. The van der Waals surface area contributed by atoms with Gasteiger partial charge in [-0.1, -0.05) is 59.6 Å². The lowest BCUT2D eigenvalue weighted by Crippen LogP contribution is -2.30. The maximum Gasteiger partial charge on any atom is 0.341 e. The lowest BCUT2D eigenvalue weighted by molar-refractivity contribution is -0.123. The summed E-state index contributed by atoms with van der Waals surface area (Å²) in [5, 5.41) is 5.15. The highest BCUT2D eigenvalue weighted by atomic mass is 35.5. The second-order valence-electron chi connectivity index (χ2n) is 5.70. The highest BCUT2D eigenvalue weighted by molar-refractivity contribution is 6.39. The smallest absolute Gasteiger partial charge is 0.341 e. The summed E-state index contributed by atoms with van der Waals surface area (Å²) in [5.74, 6) is -1.20. The summed E-state index contributed by atoms with van der Waals surface area (Å²) >= 11 is 12.0. The van der Waals surface area contributed by atoms with Crippen molar-refractivity contribution in [3.8, 4) is 0 Å². The maximum absolute atomic E-state index is 12.3. The average Bonchev–Trinajstić information content (AvgIpc) is 2.61. The first-order chi connectivity index (χ1) is 12.5. The Labute approximate surface area is 160 Å². The van der Waals surface area contributed by atoms with Crippen LogP contribution in [0.15, 0.2) is 60.7 Å². The first kappa shape index (κ1) is 18.2. The zero-order valence-corrected chi connectivity index (χ0v) is 15.3. The number of amides is 1. The summed E-state index contributed by atoms with van der Waals surface area (Å²) in [6.45, 7) is 1.49. The van der Waals surface area contributed by atoms with Crippen molar-refractivity contribution >= 4 is 51.5 Å². The molecule has 6 heteroatoms. The normalized spacial score (nSPS) is 11.8. The molecule has 0 aliphatic carbocycles. The third-order valence-electron chi connectivity index (χ3n) is 3.84. The molecular formula is C20H15Cl2NO3. The Balaban J connectivity index is 1.70. The third-order valence-corrected chi connectivity index (χ3v) is 4.47.